The summed E-state index contributed by atoms with van der Waals surface area (Å²) in [7, 11) is -3.93. The summed E-state index contributed by atoms with van der Waals surface area (Å²) < 4.78 is 62.9. The Kier molecular flexibility index (Phi) is 10.4. The van der Waals surface area contributed by atoms with Gasteiger partial charge >= 0.3 is 0 Å². The molecule has 13 nitrogen and oxygen atoms in total. The molecular formula is C38H42F2N6O7S. The van der Waals surface area contributed by atoms with Crippen LogP contribution in [-0.4, -0.2) is 82.4 Å². The molecule has 286 valence electrons. The number of ether oxygens (including phenoxy) is 1. The molecule has 2 aliphatic carbocycles. The first-order valence-corrected chi connectivity index (χ1v) is 20.0. The molecule has 4 aliphatic rings. The summed E-state index contributed by atoms with van der Waals surface area (Å²) in [6, 6.07) is 7.06. The van der Waals surface area contributed by atoms with Crippen molar-refractivity contribution in [2.75, 3.05) is 6.54 Å². The predicted molar refractivity (Wildman–Crippen MR) is 192 cm³/mol. The molecule has 5 atom stereocenters. The highest BCUT2D eigenvalue weighted by Crippen LogP contribution is 2.46. The van der Waals surface area contributed by atoms with Crippen molar-refractivity contribution in [2.24, 2.45) is 5.92 Å². The van der Waals surface area contributed by atoms with Gasteiger partial charge in [-0.15, -0.1) is 0 Å². The lowest BCUT2D eigenvalue weighted by Crippen LogP contribution is -2.58. The first-order valence-electron chi connectivity index (χ1n) is 18.4. The number of carbonyl (C=O) groups excluding carboxylic acids is 4. The van der Waals surface area contributed by atoms with Crippen molar-refractivity contribution >= 4 is 44.7 Å². The van der Waals surface area contributed by atoms with Crippen LogP contribution in [0.5, 0.6) is 5.88 Å². The second-order valence-electron chi connectivity index (χ2n) is 14.5. The Labute approximate surface area is 311 Å². The minimum absolute atomic E-state index is 0.0594. The van der Waals surface area contributed by atoms with Crippen molar-refractivity contribution in [3.63, 3.8) is 0 Å². The molecule has 3 N–H and O–H groups in total. The minimum Gasteiger partial charge on any atom is -0.471 e. The number of halogens is 2. The zero-order valence-electron chi connectivity index (χ0n) is 29.7. The molecule has 4 amide bonds. The highest BCUT2D eigenvalue weighted by atomic mass is 32.2. The molecule has 5 unspecified atom stereocenters. The van der Waals surface area contributed by atoms with E-state index in [9.17, 15) is 36.4 Å². The maximum atomic E-state index is 14.6. The number of amides is 4. The number of rotatable bonds is 8. The molecule has 0 radical (unpaired) electrons. The van der Waals surface area contributed by atoms with E-state index in [1.165, 1.54) is 41.3 Å². The van der Waals surface area contributed by atoms with E-state index in [4.69, 9.17) is 4.74 Å². The van der Waals surface area contributed by atoms with Gasteiger partial charge in [0.05, 0.1) is 28.4 Å². The first kappa shape index (κ1) is 37.3. The van der Waals surface area contributed by atoms with Gasteiger partial charge in [0, 0.05) is 18.4 Å². The van der Waals surface area contributed by atoms with Gasteiger partial charge in [0.15, 0.2) is 0 Å². The summed E-state index contributed by atoms with van der Waals surface area (Å²) in [5.41, 5.74) is -0.616. The normalized spacial score (nSPS) is 26.8. The molecule has 1 saturated heterocycles. The van der Waals surface area contributed by atoms with Crippen LogP contribution in [-0.2, 0) is 30.8 Å². The molecule has 3 fully saturated rings. The molecule has 16 heteroatoms. The summed E-state index contributed by atoms with van der Waals surface area (Å²) in [6.07, 6.45) is 7.07. The van der Waals surface area contributed by atoms with Crippen molar-refractivity contribution in [3.05, 3.63) is 77.5 Å². The van der Waals surface area contributed by atoms with Crippen LogP contribution < -0.4 is 20.1 Å². The van der Waals surface area contributed by atoms with E-state index >= 15 is 0 Å². The third kappa shape index (κ3) is 7.79. The van der Waals surface area contributed by atoms with Gasteiger partial charge in [-0.25, -0.2) is 27.2 Å². The maximum absolute atomic E-state index is 14.6. The van der Waals surface area contributed by atoms with Crippen molar-refractivity contribution < 1.29 is 41.1 Å². The van der Waals surface area contributed by atoms with E-state index in [2.05, 4.69) is 25.3 Å². The van der Waals surface area contributed by atoms with E-state index < -0.39 is 80.2 Å². The van der Waals surface area contributed by atoms with Gasteiger partial charge in [0.1, 0.15) is 41.1 Å². The second kappa shape index (κ2) is 15.0. The quantitative estimate of drug-likeness (QED) is 0.289. The number of aryl methyl sites for hydroxylation is 1. The molecule has 2 saturated carbocycles. The Morgan fingerprint density at radius 2 is 1.83 bits per heavy atom. The van der Waals surface area contributed by atoms with Gasteiger partial charge in [0.25, 0.3) is 11.8 Å². The number of nitrogens with one attached hydrogen (secondary N) is 3. The maximum Gasteiger partial charge on any atom is 0.259 e. The molecule has 1 aromatic heterocycles. The van der Waals surface area contributed by atoms with Crippen LogP contribution >= 0.6 is 0 Å². The van der Waals surface area contributed by atoms with Crippen LogP contribution in [0.15, 0.2) is 54.6 Å². The van der Waals surface area contributed by atoms with Crippen LogP contribution in [0, 0.1) is 17.6 Å². The topological polar surface area (TPSA) is 177 Å². The summed E-state index contributed by atoms with van der Waals surface area (Å²) in [4.78, 5) is 66.2. The molecule has 2 aromatic carbocycles. The van der Waals surface area contributed by atoms with Crippen LogP contribution in [0.3, 0.4) is 0 Å². The summed E-state index contributed by atoms with van der Waals surface area (Å²) >= 11 is 0. The molecule has 0 spiro atoms. The Morgan fingerprint density at radius 1 is 1.04 bits per heavy atom. The monoisotopic (exact) mass is 764 g/mol. The first-order chi connectivity index (χ1) is 25.9. The number of hydrogen-bond donors (Lipinski definition) is 3. The number of carbonyl (C=O) groups is 4. The van der Waals surface area contributed by atoms with E-state index in [-0.39, 0.29) is 42.8 Å². The van der Waals surface area contributed by atoms with Gasteiger partial charge in [-0.2, -0.15) is 0 Å². The Bertz CT molecular complexity index is 2130. The Hall–Kier alpha value is -4.99. The largest absolute Gasteiger partial charge is 0.471 e. The fourth-order valence-corrected chi connectivity index (χ4v) is 8.62. The lowest BCUT2D eigenvalue weighted by atomic mass is 10.0. The number of allylic oxidation sites excluding steroid dienone is 1. The summed E-state index contributed by atoms with van der Waals surface area (Å²) in [6.45, 7) is 1.71. The number of nitrogens with zero attached hydrogens (tertiary/aromatic N) is 3. The molecule has 0 bridgehead atoms. The van der Waals surface area contributed by atoms with Crippen molar-refractivity contribution in [1.29, 1.82) is 0 Å². The van der Waals surface area contributed by atoms with E-state index in [0.717, 1.165) is 12.5 Å². The Balaban J connectivity index is 1.21. The molecule has 2 aliphatic heterocycles. The third-order valence-electron chi connectivity index (χ3n) is 10.5. The SMILES string of the molecule is CCc1nc2ccc(F)cc2nc1OC1CC2C(=O)NC3(C(=O)NS(=O)(=O)C4CC4)CC3/C=C\CCCCCC(NC(=O)c3ccccc3F)C(=O)N2C1. The third-order valence-corrected chi connectivity index (χ3v) is 12.4. The smallest absolute Gasteiger partial charge is 0.259 e. The highest BCUT2D eigenvalue weighted by Gasteiger charge is 2.62. The number of benzene rings is 2. The summed E-state index contributed by atoms with van der Waals surface area (Å²) in [5.74, 6) is -4.59. The standard InChI is InChI=1S/C38H42F2N6O7S/c1-2-28-35(43-31-18-23(39)14-17-29(31)41-28)53-24-19-32-34(48)44-38(37(50)45-54(51,52)25-15-16-25)20-22(38)10-6-4-3-5-7-13-30(36(49)46(32)21-24)42-33(47)26-11-8-9-12-27(26)40/h6,8-12,14,17-18,22,24-25,30,32H,2-5,7,13,15-16,19-21H2,1H3,(H,42,47)(H,44,48)(H,45,50)/b10-6-. The summed E-state index contributed by atoms with van der Waals surface area (Å²) in [5, 5.41) is 4.84. The molecule has 54 heavy (non-hydrogen) atoms. The van der Waals surface area contributed by atoms with Crippen molar-refractivity contribution in [3.8, 4) is 5.88 Å². The van der Waals surface area contributed by atoms with Crippen LogP contribution in [0.25, 0.3) is 11.0 Å². The van der Waals surface area contributed by atoms with Crippen LogP contribution in [0.2, 0.25) is 0 Å². The minimum atomic E-state index is -3.93. The van der Waals surface area contributed by atoms with Gasteiger partial charge in [0.2, 0.25) is 27.7 Å². The average Bonchev–Trinajstić information content (AvgIpc) is 4.07. The van der Waals surface area contributed by atoms with Gasteiger partial charge < -0.3 is 20.3 Å². The number of aromatic nitrogens is 2. The predicted octanol–water partition coefficient (Wildman–Crippen LogP) is 3.62. The van der Waals surface area contributed by atoms with E-state index in [0.29, 0.717) is 49.7 Å². The van der Waals surface area contributed by atoms with Crippen molar-refractivity contribution in [2.45, 2.75) is 100 Å². The number of sulfonamides is 1. The van der Waals surface area contributed by atoms with E-state index in [1.54, 1.807) is 0 Å². The Morgan fingerprint density at radius 3 is 2.59 bits per heavy atom. The average molecular weight is 765 g/mol. The zero-order valence-corrected chi connectivity index (χ0v) is 30.5. The lowest BCUT2D eigenvalue weighted by molar-refractivity contribution is -0.141. The van der Waals surface area contributed by atoms with E-state index in [1.807, 2.05) is 19.1 Å². The van der Waals surface area contributed by atoms with Crippen molar-refractivity contribution in [1.82, 2.24) is 30.2 Å². The number of fused-ring (bicyclic) bond motifs is 3. The molecule has 7 rings (SSSR count). The molecule has 3 aromatic rings. The molecule has 3 heterocycles. The zero-order chi connectivity index (χ0) is 38.2. The highest BCUT2D eigenvalue weighted by molar-refractivity contribution is 7.91. The van der Waals surface area contributed by atoms with Gasteiger partial charge in [-0.1, -0.05) is 44.1 Å². The fourth-order valence-electron chi connectivity index (χ4n) is 7.26. The van der Waals surface area contributed by atoms with Crippen LogP contribution in [0.4, 0.5) is 8.78 Å². The number of hydrogen-bond acceptors (Lipinski definition) is 9. The molecular weight excluding hydrogens is 723 g/mol. The van der Waals surface area contributed by atoms with Gasteiger partial charge in [-0.3, -0.25) is 23.9 Å². The lowest BCUT2D eigenvalue weighted by Gasteiger charge is -2.30. The van der Waals surface area contributed by atoms with Crippen LogP contribution in [0.1, 0.15) is 80.8 Å². The van der Waals surface area contributed by atoms with Gasteiger partial charge in [-0.05, 0) is 69.2 Å². The second-order valence-corrected chi connectivity index (χ2v) is 16.4. The fraction of sp³-hybridized carbons (Fsp3) is 0.474.